The van der Waals surface area contributed by atoms with Crippen molar-refractivity contribution >= 4 is 5.78 Å². The van der Waals surface area contributed by atoms with Crippen LogP contribution in [0.25, 0.3) is 0 Å². The van der Waals surface area contributed by atoms with E-state index in [1.165, 1.54) is 0 Å². The van der Waals surface area contributed by atoms with E-state index in [9.17, 15) is 4.79 Å². The maximum absolute atomic E-state index is 11.6. The molecule has 1 rings (SSSR count). The molecule has 0 aromatic carbocycles. The van der Waals surface area contributed by atoms with Gasteiger partial charge in [-0.3, -0.25) is 10.1 Å². The minimum atomic E-state index is -0.346. The molecule has 1 N–H and O–H groups in total. The van der Waals surface area contributed by atoms with Crippen LogP contribution in [0.15, 0.2) is 0 Å². The van der Waals surface area contributed by atoms with Crippen LogP contribution in [0.5, 0.6) is 0 Å². The highest BCUT2D eigenvalue weighted by Crippen LogP contribution is 2.22. The summed E-state index contributed by atoms with van der Waals surface area (Å²) in [4.78, 5) is 11.6. The Balaban J connectivity index is 2.69. The maximum Gasteiger partial charge on any atom is 0.155 e. The highest BCUT2D eigenvalue weighted by Gasteiger charge is 2.40. The standard InChI is InChI=1S/C9H17NO2/c1-6(2)7(11)8-9(3,4)12-5-10-8/h6,8,10H,5H2,1-4H3/t8-/m1/s1. The van der Waals surface area contributed by atoms with Gasteiger partial charge < -0.3 is 4.74 Å². The van der Waals surface area contributed by atoms with Crippen molar-refractivity contribution in [2.75, 3.05) is 6.73 Å². The molecule has 3 heteroatoms. The number of hydrogen-bond acceptors (Lipinski definition) is 3. The van der Waals surface area contributed by atoms with Gasteiger partial charge in [0.05, 0.1) is 18.4 Å². The lowest BCUT2D eigenvalue weighted by molar-refractivity contribution is -0.126. The first kappa shape index (κ1) is 9.68. The highest BCUT2D eigenvalue weighted by molar-refractivity contribution is 5.87. The first-order valence-electron chi connectivity index (χ1n) is 4.36. The van der Waals surface area contributed by atoms with E-state index < -0.39 is 0 Å². The average Bonchev–Trinajstić information content (AvgIpc) is 2.27. The van der Waals surface area contributed by atoms with Crippen molar-refractivity contribution in [2.45, 2.75) is 39.3 Å². The van der Waals surface area contributed by atoms with Gasteiger partial charge in [-0.25, -0.2) is 0 Å². The van der Waals surface area contributed by atoms with Crippen LogP contribution >= 0.6 is 0 Å². The normalized spacial score (nSPS) is 27.9. The van der Waals surface area contributed by atoms with E-state index >= 15 is 0 Å². The Labute approximate surface area is 73.5 Å². The zero-order valence-corrected chi connectivity index (χ0v) is 8.18. The largest absolute Gasteiger partial charge is 0.358 e. The summed E-state index contributed by atoms with van der Waals surface area (Å²) in [5.41, 5.74) is -0.346. The molecule has 0 spiro atoms. The van der Waals surface area contributed by atoms with Crippen molar-refractivity contribution in [3.05, 3.63) is 0 Å². The Bertz CT molecular complexity index is 187. The molecule has 1 aliphatic heterocycles. The third-order valence-electron chi connectivity index (χ3n) is 2.28. The molecule has 1 fully saturated rings. The van der Waals surface area contributed by atoms with Gasteiger partial charge in [0.25, 0.3) is 0 Å². The van der Waals surface area contributed by atoms with Crippen molar-refractivity contribution in [1.29, 1.82) is 0 Å². The fourth-order valence-corrected chi connectivity index (χ4v) is 1.42. The zero-order chi connectivity index (χ0) is 9.35. The minimum absolute atomic E-state index is 0.0727. The lowest BCUT2D eigenvalue weighted by Crippen LogP contribution is -2.46. The summed E-state index contributed by atoms with van der Waals surface area (Å²) < 4.78 is 5.39. The predicted molar refractivity (Wildman–Crippen MR) is 46.8 cm³/mol. The van der Waals surface area contributed by atoms with Crippen LogP contribution in [0.1, 0.15) is 27.7 Å². The molecule has 1 aliphatic rings. The maximum atomic E-state index is 11.6. The molecule has 0 aromatic rings. The third-order valence-corrected chi connectivity index (χ3v) is 2.28. The summed E-state index contributed by atoms with van der Waals surface area (Å²) in [7, 11) is 0. The van der Waals surface area contributed by atoms with Crippen LogP contribution in [0, 0.1) is 5.92 Å². The molecule has 0 saturated carbocycles. The van der Waals surface area contributed by atoms with Crippen LogP contribution in [0.4, 0.5) is 0 Å². The molecule has 1 heterocycles. The Kier molecular flexibility index (Phi) is 2.54. The van der Waals surface area contributed by atoms with Crippen molar-refractivity contribution in [1.82, 2.24) is 5.32 Å². The van der Waals surface area contributed by atoms with Crippen LogP contribution in [0.2, 0.25) is 0 Å². The van der Waals surface area contributed by atoms with Crippen LogP contribution in [-0.2, 0) is 9.53 Å². The van der Waals surface area contributed by atoms with Gasteiger partial charge in [-0.2, -0.15) is 0 Å². The molecule has 0 amide bonds. The molecule has 70 valence electrons. The summed E-state index contributed by atoms with van der Waals surface area (Å²) in [6, 6.07) is -0.141. The van der Waals surface area contributed by atoms with Crippen molar-refractivity contribution < 1.29 is 9.53 Å². The predicted octanol–water partition coefficient (Wildman–Crippen LogP) is 0.936. The van der Waals surface area contributed by atoms with E-state index in [1.807, 2.05) is 27.7 Å². The number of rotatable bonds is 2. The SMILES string of the molecule is CC(C)C(=O)[C@H]1NCOC1(C)C. The van der Waals surface area contributed by atoms with Gasteiger partial charge in [-0.1, -0.05) is 13.8 Å². The number of carbonyl (C=O) groups excluding carboxylic acids is 1. The number of Topliss-reactive ketones (excluding diaryl/α,β-unsaturated/α-hetero) is 1. The van der Waals surface area contributed by atoms with Crippen LogP contribution in [-0.4, -0.2) is 24.2 Å². The Morgan fingerprint density at radius 2 is 2.17 bits per heavy atom. The monoisotopic (exact) mass is 171 g/mol. The van der Waals surface area contributed by atoms with Gasteiger partial charge in [0.2, 0.25) is 0 Å². The van der Waals surface area contributed by atoms with Crippen molar-refractivity contribution in [3.8, 4) is 0 Å². The van der Waals surface area contributed by atoms with E-state index in [2.05, 4.69) is 5.32 Å². The fourth-order valence-electron chi connectivity index (χ4n) is 1.42. The molecule has 1 saturated heterocycles. The zero-order valence-electron chi connectivity index (χ0n) is 8.18. The second-order valence-electron chi connectivity index (χ2n) is 4.09. The summed E-state index contributed by atoms with van der Waals surface area (Å²) in [5, 5.41) is 3.06. The van der Waals surface area contributed by atoms with Gasteiger partial charge in [-0.05, 0) is 13.8 Å². The minimum Gasteiger partial charge on any atom is -0.358 e. The van der Waals surface area contributed by atoms with Crippen molar-refractivity contribution in [2.24, 2.45) is 5.92 Å². The number of nitrogens with one attached hydrogen (secondary N) is 1. The van der Waals surface area contributed by atoms with Gasteiger partial charge in [0.1, 0.15) is 0 Å². The molecule has 12 heavy (non-hydrogen) atoms. The topological polar surface area (TPSA) is 38.3 Å². The van der Waals surface area contributed by atoms with Gasteiger partial charge in [0.15, 0.2) is 5.78 Å². The van der Waals surface area contributed by atoms with Crippen LogP contribution in [0.3, 0.4) is 0 Å². The van der Waals surface area contributed by atoms with Gasteiger partial charge in [0, 0.05) is 5.92 Å². The lowest BCUT2D eigenvalue weighted by atomic mass is 9.90. The first-order chi connectivity index (χ1) is 5.45. The van der Waals surface area contributed by atoms with Crippen LogP contribution < -0.4 is 5.32 Å². The molecular weight excluding hydrogens is 154 g/mol. The number of carbonyl (C=O) groups is 1. The van der Waals surface area contributed by atoms with Gasteiger partial charge >= 0.3 is 0 Å². The van der Waals surface area contributed by atoms with E-state index in [1.54, 1.807) is 0 Å². The molecule has 3 nitrogen and oxygen atoms in total. The summed E-state index contributed by atoms with van der Waals surface area (Å²) in [6.45, 7) is 8.20. The fraction of sp³-hybridized carbons (Fsp3) is 0.889. The van der Waals surface area contributed by atoms with Crippen molar-refractivity contribution in [3.63, 3.8) is 0 Å². The molecular formula is C9H17NO2. The van der Waals surface area contributed by atoms with E-state index in [-0.39, 0.29) is 23.3 Å². The first-order valence-corrected chi connectivity index (χ1v) is 4.36. The molecule has 0 aromatic heterocycles. The summed E-state index contributed by atoms with van der Waals surface area (Å²) >= 11 is 0. The number of hydrogen-bond donors (Lipinski definition) is 1. The average molecular weight is 171 g/mol. The summed E-state index contributed by atoms with van der Waals surface area (Å²) in [5.74, 6) is 0.306. The lowest BCUT2D eigenvalue weighted by Gasteiger charge is -2.24. The third kappa shape index (κ3) is 1.67. The summed E-state index contributed by atoms with van der Waals surface area (Å²) in [6.07, 6.45) is 0. The molecule has 0 bridgehead atoms. The Morgan fingerprint density at radius 3 is 2.50 bits per heavy atom. The molecule has 1 atom stereocenters. The molecule has 0 unspecified atom stereocenters. The number of ether oxygens (including phenoxy) is 1. The quantitative estimate of drug-likeness (QED) is 0.672. The van der Waals surface area contributed by atoms with E-state index in [0.717, 1.165) is 0 Å². The smallest absolute Gasteiger partial charge is 0.155 e. The second-order valence-corrected chi connectivity index (χ2v) is 4.09. The Hall–Kier alpha value is -0.410. The van der Waals surface area contributed by atoms with E-state index in [4.69, 9.17) is 4.74 Å². The van der Waals surface area contributed by atoms with Gasteiger partial charge in [-0.15, -0.1) is 0 Å². The number of ketones is 1. The van der Waals surface area contributed by atoms with E-state index in [0.29, 0.717) is 6.73 Å². The Morgan fingerprint density at radius 1 is 1.58 bits per heavy atom. The molecule has 0 aliphatic carbocycles. The molecule has 0 radical (unpaired) electrons. The second kappa shape index (κ2) is 3.15. The highest BCUT2D eigenvalue weighted by atomic mass is 16.5.